The van der Waals surface area contributed by atoms with Crippen LogP contribution in [0.25, 0.3) is 11.1 Å². The standard InChI is InChI=1S/C14H13NO3/c1-2-18-12-8-9-13(14(10-12)15(16)17)11-6-4-3-5-7-11/h3-10H,2H2,1H3. The molecule has 0 aliphatic carbocycles. The van der Waals surface area contributed by atoms with Crippen LogP contribution in [-0.4, -0.2) is 11.5 Å². The molecule has 4 nitrogen and oxygen atoms in total. The van der Waals surface area contributed by atoms with E-state index in [1.165, 1.54) is 6.07 Å². The summed E-state index contributed by atoms with van der Waals surface area (Å²) >= 11 is 0. The zero-order chi connectivity index (χ0) is 13.0. The molecule has 0 heterocycles. The minimum Gasteiger partial charge on any atom is -0.494 e. The van der Waals surface area contributed by atoms with E-state index >= 15 is 0 Å². The van der Waals surface area contributed by atoms with Crippen LogP contribution in [0.4, 0.5) is 5.69 Å². The van der Waals surface area contributed by atoms with Crippen molar-refractivity contribution in [2.45, 2.75) is 6.92 Å². The first-order chi connectivity index (χ1) is 8.72. The molecule has 0 radical (unpaired) electrons. The predicted molar refractivity (Wildman–Crippen MR) is 69.7 cm³/mol. The van der Waals surface area contributed by atoms with Crippen molar-refractivity contribution in [3.8, 4) is 16.9 Å². The highest BCUT2D eigenvalue weighted by Gasteiger charge is 2.16. The summed E-state index contributed by atoms with van der Waals surface area (Å²) in [5, 5.41) is 11.1. The Hall–Kier alpha value is -2.36. The summed E-state index contributed by atoms with van der Waals surface area (Å²) in [6.45, 7) is 2.33. The molecule has 0 amide bonds. The van der Waals surface area contributed by atoms with Gasteiger partial charge in [0.25, 0.3) is 5.69 Å². The van der Waals surface area contributed by atoms with Crippen molar-refractivity contribution in [1.29, 1.82) is 0 Å². The first kappa shape index (κ1) is 12.1. The zero-order valence-electron chi connectivity index (χ0n) is 10.00. The molecule has 2 rings (SSSR count). The third-order valence-electron chi connectivity index (χ3n) is 2.56. The second kappa shape index (κ2) is 5.31. The maximum atomic E-state index is 11.1. The van der Waals surface area contributed by atoms with E-state index in [1.807, 2.05) is 37.3 Å². The Morgan fingerprint density at radius 1 is 1.17 bits per heavy atom. The van der Waals surface area contributed by atoms with Crippen LogP contribution in [0.15, 0.2) is 48.5 Å². The molecule has 4 heteroatoms. The minimum atomic E-state index is -0.384. The van der Waals surface area contributed by atoms with E-state index in [-0.39, 0.29) is 10.6 Å². The second-order valence-electron chi connectivity index (χ2n) is 3.74. The number of hydrogen-bond acceptors (Lipinski definition) is 3. The average Bonchev–Trinajstić information content (AvgIpc) is 2.40. The van der Waals surface area contributed by atoms with Crippen LogP contribution in [0.1, 0.15) is 6.92 Å². The SMILES string of the molecule is CCOc1ccc(-c2ccccc2)c([N+](=O)[O-])c1. The van der Waals surface area contributed by atoms with Crippen LogP contribution in [0.2, 0.25) is 0 Å². The number of nitro groups is 1. The third-order valence-corrected chi connectivity index (χ3v) is 2.56. The lowest BCUT2D eigenvalue weighted by Crippen LogP contribution is -1.96. The van der Waals surface area contributed by atoms with Crippen molar-refractivity contribution in [3.63, 3.8) is 0 Å². The summed E-state index contributed by atoms with van der Waals surface area (Å²) in [6, 6.07) is 14.2. The van der Waals surface area contributed by atoms with Crippen molar-refractivity contribution >= 4 is 5.69 Å². The summed E-state index contributed by atoms with van der Waals surface area (Å²) in [5.74, 6) is 0.517. The molecule has 0 aliphatic heterocycles. The molecule has 0 saturated heterocycles. The van der Waals surface area contributed by atoms with Crippen LogP contribution < -0.4 is 4.74 Å². The number of ether oxygens (including phenoxy) is 1. The minimum absolute atomic E-state index is 0.0622. The first-order valence-electron chi connectivity index (χ1n) is 5.69. The van der Waals surface area contributed by atoms with Gasteiger partial charge >= 0.3 is 0 Å². The molecule has 2 aromatic rings. The molecule has 2 aromatic carbocycles. The quantitative estimate of drug-likeness (QED) is 0.608. The summed E-state index contributed by atoms with van der Waals surface area (Å²) in [5.41, 5.74) is 1.49. The maximum absolute atomic E-state index is 11.1. The van der Waals surface area contributed by atoms with E-state index in [4.69, 9.17) is 4.74 Å². The first-order valence-corrected chi connectivity index (χ1v) is 5.69. The highest BCUT2D eigenvalue weighted by atomic mass is 16.6. The van der Waals surface area contributed by atoms with Gasteiger partial charge in [0.15, 0.2) is 0 Å². The van der Waals surface area contributed by atoms with Crippen molar-refractivity contribution in [2.24, 2.45) is 0 Å². The molecule has 0 saturated carbocycles. The van der Waals surface area contributed by atoms with Gasteiger partial charge in [0, 0.05) is 0 Å². The van der Waals surface area contributed by atoms with Gasteiger partial charge in [-0.1, -0.05) is 30.3 Å². The summed E-state index contributed by atoms with van der Waals surface area (Å²) in [4.78, 5) is 10.7. The lowest BCUT2D eigenvalue weighted by Gasteiger charge is -2.06. The fourth-order valence-corrected chi connectivity index (χ4v) is 1.78. The largest absolute Gasteiger partial charge is 0.494 e. The van der Waals surface area contributed by atoms with E-state index in [9.17, 15) is 10.1 Å². The van der Waals surface area contributed by atoms with Gasteiger partial charge in [-0.2, -0.15) is 0 Å². The number of benzene rings is 2. The topological polar surface area (TPSA) is 52.4 Å². The molecular weight excluding hydrogens is 230 g/mol. The fourth-order valence-electron chi connectivity index (χ4n) is 1.78. The molecule has 0 N–H and O–H groups in total. The summed E-state index contributed by atoms with van der Waals surface area (Å²) in [7, 11) is 0. The monoisotopic (exact) mass is 243 g/mol. The second-order valence-corrected chi connectivity index (χ2v) is 3.74. The maximum Gasteiger partial charge on any atom is 0.280 e. The van der Waals surface area contributed by atoms with Gasteiger partial charge in [0.1, 0.15) is 5.75 Å². The fraction of sp³-hybridized carbons (Fsp3) is 0.143. The molecule has 0 aromatic heterocycles. The molecule has 0 bridgehead atoms. The molecular formula is C14H13NO3. The third kappa shape index (κ3) is 2.48. The van der Waals surface area contributed by atoms with E-state index in [1.54, 1.807) is 12.1 Å². The van der Waals surface area contributed by atoms with Crippen LogP contribution in [0.5, 0.6) is 5.75 Å². The highest BCUT2D eigenvalue weighted by Crippen LogP contribution is 2.32. The summed E-state index contributed by atoms with van der Waals surface area (Å²) < 4.78 is 5.28. The van der Waals surface area contributed by atoms with E-state index in [0.717, 1.165) is 5.56 Å². The van der Waals surface area contributed by atoms with E-state index in [2.05, 4.69) is 0 Å². The molecule has 0 fully saturated rings. The molecule has 0 unspecified atom stereocenters. The Kier molecular flexibility index (Phi) is 3.57. The average molecular weight is 243 g/mol. The normalized spacial score (nSPS) is 10.1. The predicted octanol–water partition coefficient (Wildman–Crippen LogP) is 3.66. The molecule has 0 atom stereocenters. The van der Waals surface area contributed by atoms with Crippen LogP contribution in [0, 0.1) is 10.1 Å². The van der Waals surface area contributed by atoms with Crippen LogP contribution in [0.3, 0.4) is 0 Å². The lowest BCUT2D eigenvalue weighted by molar-refractivity contribution is -0.384. The zero-order valence-corrected chi connectivity index (χ0v) is 10.00. The van der Waals surface area contributed by atoms with Crippen molar-refractivity contribution in [1.82, 2.24) is 0 Å². The Balaban J connectivity index is 2.51. The van der Waals surface area contributed by atoms with Crippen molar-refractivity contribution < 1.29 is 9.66 Å². The molecule has 92 valence electrons. The lowest BCUT2D eigenvalue weighted by atomic mass is 10.0. The number of nitro benzene ring substituents is 1. The van der Waals surface area contributed by atoms with Gasteiger partial charge in [-0.05, 0) is 24.6 Å². The Morgan fingerprint density at radius 2 is 1.89 bits per heavy atom. The van der Waals surface area contributed by atoms with Gasteiger partial charge in [-0.15, -0.1) is 0 Å². The smallest absolute Gasteiger partial charge is 0.280 e. The van der Waals surface area contributed by atoms with Gasteiger partial charge in [0.05, 0.1) is 23.2 Å². The number of rotatable bonds is 4. The number of hydrogen-bond donors (Lipinski definition) is 0. The van der Waals surface area contributed by atoms with Crippen molar-refractivity contribution in [3.05, 3.63) is 58.6 Å². The Morgan fingerprint density at radius 3 is 2.50 bits per heavy atom. The molecule has 18 heavy (non-hydrogen) atoms. The summed E-state index contributed by atoms with van der Waals surface area (Å²) in [6.07, 6.45) is 0. The van der Waals surface area contributed by atoms with Crippen LogP contribution >= 0.6 is 0 Å². The highest BCUT2D eigenvalue weighted by molar-refractivity contribution is 5.74. The van der Waals surface area contributed by atoms with Gasteiger partial charge in [-0.3, -0.25) is 10.1 Å². The molecule has 0 spiro atoms. The van der Waals surface area contributed by atoms with Gasteiger partial charge < -0.3 is 4.74 Å². The van der Waals surface area contributed by atoms with E-state index in [0.29, 0.717) is 17.9 Å². The van der Waals surface area contributed by atoms with Gasteiger partial charge in [-0.25, -0.2) is 0 Å². The van der Waals surface area contributed by atoms with E-state index < -0.39 is 0 Å². The number of nitrogens with zero attached hydrogens (tertiary/aromatic N) is 1. The molecule has 0 aliphatic rings. The van der Waals surface area contributed by atoms with Crippen molar-refractivity contribution in [2.75, 3.05) is 6.61 Å². The van der Waals surface area contributed by atoms with Gasteiger partial charge in [0.2, 0.25) is 0 Å². The Labute approximate surface area is 105 Å². The van der Waals surface area contributed by atoms with Crippen LogP contribution in [-0.2, 0) is 0 Å². The Bertz CT molecular complexity index is 552.